The number of amides is 1. The van der Waals surface area contributed by atoms with Crippen molar-refractivity contribution in [2.75, 3.05) is 5.32 Å². The first-order valence-electron chi connectivity index (χ1n) is 10.0. The molecule has 4 rings (SSSR count). The number of fused-ring (bicyclic) bond motifs is 2. The topological polar surface area (TPSA) is 53.9 Å². The molecular formula is C21H22F3N3O2S2. The van der Waals surface area contributed by atoms with E-state index in [1.54, 1.807) is 11.3 Å². The molecule has 0 saturated carbocycles. The molecule has 10 heteroatoms. The van der Waals surface area contributed by atoms with E-state index in [0.717, 1.165) is 37.9 Å². The fraction of sp³-hybridized carbons (Fsp3) is 0.429. The second-order valence-electron chi connectivity index (χ2n) is 7.63. The number of piperidine rings is 2. The summed E-state index contributed by atoms with van der Waals surface area (Å²) in [6.45, 7) is 0.949. The fourth-order valence-corrected chi connectivity index (χ4v) is 5.44. The number of anilines is 1. The van der Waals surface area contributed by atoms with E-state index < -0.39 is 11.6 Å². The third-order valence-electron chi connectivity index (χ3n) is 5.47. The summed E-state index contributed by atoms with van der Waals surface area (Å²) in [4.78, 5) is 21.0. The lowest BCUT2D eigenvalue weighted by molar-refractivity contribution is -0.0328. The third kappa shape index (κ3) is 6.24. The van der Waals surface area contributed by atoms with E-state index in [2.05, 4.69) is 32.9 Å². The van der Waals surface area contributed by atoms with Crippen molar-refractivity contribution in [2.24, 2.45) is 5.16 Å². The lowest BCUT2D eigenvalue weighted by Crippen LogP contribution is -2.51. The van der Waals surface area contributed by atoms with Gasteiger partial charge >= 0.3 is 11.6 Å². The van der Waals surface area contributed by atoms with Crippen molar-refractivity contribution >= 4 is 40.6 Å². The van der Waals surface area contributed by atoms with Gasteiger partial charge in [-0.05, 0) is 60.3 Å². The summed E-state index contributed by atoms with van der Waals surface area (Å²) < 4.78 is 37.2. The molecule has 2 saturated heterocycles. The maximum atomic E-state index is 12.4. The second-order valence-corrected chi connectivity index (χ2v) is 9.80. The van der Waals surface area contributed by atoms with Gasteiger partial charge in [-0.15, -0.1) is 11.3 Å². The molecule has 5 nitrogen and oxygen atoms in total. The van der Waals surface area contributed by atoms with Crippen LogP contribution in [0, 0.1) is 0 Å². The van der Waals surface area contributed by atoms with E-state index in [-0.39, 0.29) is 16.7 Å². The van der Waals surface area contributed by atoms with Crippen molar-refractivity contribution in [1.29, 1.82) is 0 Å². The first-order valence-corrected chi connectivity index (χ1v) is 11.7. The first-order chi connectivity index (χ1) is 14.9. The zero-order chi connectivity index (χ0) is 21.8. The Morgan fingerprint density at radius 1 is 1.19 bits per heavy atom. The number of oxime groups is 1. The Hall–Kier alpha value is -2.04. The maximum Gasteiger partial charge on any atom is 0.446 e. The fourth-order valence-electron chi connectivity index (χ4n) is 4.19. The molecule has 2 aliphatic heterocycles. The average molecular weight is 470 g/mol. The molecule has 0 spiro atoms. The van der Waals surface area contributed by atoms with Crippen LogP contribution in [0.15, 0.2) is 51.8 Å². The number of hydrogen-bond acceptors (Lipinski definition) is 6. The first kappa shape index (κ1) is 22.2. The number of hydrogen-bond donors (Lipinski definition) is 1. The highest BCUT2D eigenvalue weighted by molar-refractivity contribution is 8.00. The molecule has 1 amide bonds. The van der Waals surface area contributed by atoms with Gasteiger partial charge in [-0.25, -0.2) is 4.79 Å². The van der Waals surface area contributed by atoms with Gasteiger partial charge in [0.25, 0.3) is 0 Å². The van der Waals surface area contributed by atoms with Crippen molar-refractivity contribution in [3.8, 4) is 0 Å². The number of halogens is 3. The van der Waals surface area contributed by atoms with Crippen LogP contribution in [0.1, 0.15) is 37.0 Å². The van der Waals surface area contributed by atoms with Crippen molar-refractivity contribution in [2.45, 2.75) is 61.1 Å². The number of alkyl halides is 3. The Bertz CT molecular complexity index is 901. The number of rotatable bonds is 5. The van der Waals surface area contributed by atoms with Crippen molar-refractivity contribution in [1.82, 2.24) is 4.90 Å². The van der Waals surface area contributed by atoms with Gasteiger partial charge in [0.15, 0.2) is 0 Å². The molecule has 2 atom stereocenters. The van der Waals surface area contributed by atoms with Crippen LogP contribution in [-0.2, 0) is 11.4 Å². The van der Waals surface area contributed by atoms with E-state index in [0.29, 0.717) is 17.8 Å². The van der Waals surface area contributed by atoms with Crippen molar-refractivity contribution in [3.05, 3.63) is 46.7 Å². The van der Waals surface area contributed by atoms with Crippen molar-refractivity contribution in [3.63, 3.8) is 0 Å². The SMILES string of the molecule is O=C(Nc1ccc(SC(F)(F)F)cc1)ON=C1C[C@@H]2CCC[C@@H](C1)N2Cc1cccs1. The number of nitrogens with one attached hydrogen (secondary N) is 1. The molecule has 1 aromatic heterocycles. The minimum atomic E-state index is -4.35. The highest BCUT2D eigenvalue weighted by Gasteiger charge is 2.37. The van der Waals surface area contributed by atoms with Crippen molar-refractivity contribution < 1.29 is 22.8 Å². The minimum absolute atomic E-state index is 0.0486. The third-order valence-corrected chi connectivity index (χ3v) is 7.07. The molecule has 1 N–H and O–H groups in total. The molecule has 0 aliphatic carbocycles. The van der Waals surface area contributed by atoms with Gasteiger partial charge < -0.3 is 0 Å². The molecule has 2 bridgehead atoms. The predicted molar refractivity (Wildman–Crippen MR) is 116 cm³/mol. The number of nitrogens with zero attached hydrogens (tertiary/aromatic N) is 2. The van der Waals surface area contributed by atoms with Gasteiger partial charge in [0.1, 0.15) is 0 Å². The zero-order valence-electron chi connectivity index (χ0n) is 16.6. The Morgan fingerprint density at radius 2 is 1.90 bits per heavy atom. The summed E-state index contributed by atoms with van der Waals surface area (Å²) in [5, 5.41) is 8.67. The highest BCUT2D eigenvalue weighted by atomic mass is 32.2. The Balaban J connectivity index is 1.30. The summed E-state index contributed by atoms with van der Waals surface area (Å²) in [7, 11) is 0. The summed E-state index contributed by atoms with van der Waals surface area (Å²) in [6, 6.07) is 10.4. The highest BCUT2D eigenvalue weighted by Crippen LogP contribution is 2.37. The molecule has 31 heavy (non-hydrogen) atoms. The lowest BCUT2D eigenvalue weighted by Gasteiger charge is -2.46. The predicted octanol–water partition coefficient (Wildman–Crippen LogP) is 6.48. The van der Waals surface area contributed by atoms with Crippen LogP contribution in [0.4, 0.5) is 23.7 Å². The standard InChI is InChI=1S/C21H22F3N3O2S2/c22-21(23,24)31-18-8-6-14(7-9-18)25-20(28)29-26-15-11-16-3-1-4-17(12-15)27(16)13-19-5-2-10-30-19/h2,5-10,16-17H,1,3-4,11-13H2,(H,25,28)/t16-,17-/m0/s1. The Morgan fingerprint density at radius 3 is 2.52 bits per heavy atom. The molecule has 1 aromatic carbocycles. The molecule has 2 fully saturated rings. The molecule has 3 heterocycles. The van der Waals surface area contributed by atoms with Gasteiger partial charge in [-0.2, -0.15) is 13.2 Å². The van der Waals surface area contributed by atoms with Crippen LogP contribution in [0.2, 0.25) is 0 Å². The quantitative estimate of drug-likeness (QED) is 0.309. The summed E-state index contributed by atoms with van der Waals surface area (Å²) >= 11 is 1.57. The number of carbonyl (C=O) groups is 1. The summed E-state index contributed by atoms with van der Waals surface area (Å²) in [5.74, 6) is 0. The van der Waals surface area contributed by atoms with Gasteiger partial charge in [-0.1, -0.05) is 17.6 Å². The minimum Gasteiger partial charge on any atom is -0.298 e. The van der Waals surface area contributed by atoms with Crippen LogP contribution in [0.25, 0.3) is 0 Å². The number of benzene rings is 1. The van der Waals surface area contributed by atoms with E-state index in [1.165, 1.54) is 35.6 Å². The van der Waals surface area contributed by atoms with Crippen LogP contribution in [-0.4, -0.2) is 34.3 Å². The summed E-state index contributed by atoms with van der Waals surface area (Å²) in [5.41, 5.74) is -3.12. The van der Waals surface area contributed by atoms with Crippen LogP contribution in [0.3, 0.4) is 0 Å². The molecule has 0 unspecified atom stereocenters. The Kier molecular flexibility index (Phi) is 6.88. The van der Waals surface area contributed by atoms with Crippen LogP contribution in [0.5, 0.6) is 0 Å². The normalized spacial score (nSPS) is 21.6. The number of carbonyl (C=O) groups excluding carboxylic acids is 1. The van der Waals surface area contributed by atoms with E-state index in [4.69, 9.17) is 4.84 Å². The van der Waals surface area contributed by atoms with Crippen LogP contribution < -0.4 is 5.32 Å². The summed E-state index contributed by atoms with van der Waals surface area (Å²) in [6.07, 6.45) is 4.21. The smallest absolute Gasteiger partial charge is 0.298 e. The van der Waals surface area contributed by atoms with Gasteiger partial charge in [-0.3, -0.25) is 15.1 Å². The molecular weight excluding hydrogens is 447 g/mol. The molecule has 0 radical (unpaired) electrons. The Labute approximate surface area is 186 Å². The second kappa shape index (κ2) is 9.62. The van der Waals surface area contributed by atoms with E-state index in [1.807, 2.05) is 0 Å². The van der Waals surface area contributed by atoms with Gasteiger partial charge in [0.2, 0.25) is 0 Å². The van der Waals surface area contributed by atoms with Gasteiger partial charge in [0.05, 0.1) is 5.71 Å². The zero-order valence-corrected chi connectivity index (χ0v) is 18.2. The van der Waals surface area contributed by atoms with Gasteiger partial charge in [0, 0.05) is 46.9 Å². The largest absolute Gasteiger partial charge is 0.446 e. The van der Waals surface area contributed by atoms with E-state index in [9.17, 15) is 18.0 Å². The monoisotopic (exact) mass is 469 g/mol. The molecule has 2 aliphatic rings. The lowest BCUT2D eigenvalue weighted by atomic mass is 9.83. The number of thioether (sulfide) groups is 1. The maximum absolute atomic E-state index is 12.4. The van der Waals surface area contributed by atoms with Crippen LogP contribution >= 0.6 is 23.1 Å². The van der Waals surface area contributed by atoms with E-state index >= 15 is 0 Å². The average Bonchev–Trinajstić information content (AvgIpc) is 3.20. The molecule has 166 valence electrons. The number of thiophene rings is 1. The molecule has 2 aromatic rings.